The lowest BCUT2D eigenvalue weighted by molar-refractivity contribution is -0.138. The molecule has 1 aliphatic heterocycles. The van der Waals surface area contributed by atoms with Crippen molar-refractivity contribution in [1.29, 1.82) is 0 Å². The first-order chi connectivity index (χ1) is 22.0. The van der Waals surface area contributed by atoms with Crippen molar-refractivity contribution >= 4 is 5.78 Å². The molecule has 0 spiro atoms. The first-order valence-electron chi connectivity index (χ1n) is 15.3. The molecule has 7 nitrogen and oxygen atoms in total. The highest BCUT2D eigenvalue weighted by atomic mass is 19.4. The Morgan fingerprint density at radius 3 is 2.48 bits per heavy atom. The van der Waals surface area contributed by atoms with Crippen LogP contribution in [0.4, 0.5) is 13.2 Å². The smallest absolute Gasteiger partial charge is 0.356 e. The normalized spacial score (nSPS) is 14.5. The van der Waals surface area contributed by atoms with Crippen LogP contribution in [0.2, 0.25) is 0 Å². The highest BCUT2D eigenvalue weighted by molar-refractivity contribution is 5.99. The van der Waals surface area contributed by atoms with E-state index in [1.54, 1.807) is 43.0 Å². The number of aromatic nitrogens is 4. The van der Waals surface area contributed by atoms with E-state index in [1.165, 1.54) is 12.1 Å². The van der Waals surface area contributed by atoms with Crippen LogP contribution in [0.25, 0.3) is 22.6 Å². The van der Waals surface area contributed by atoms with Gasteiger partial charge in [0, 0.05) is 53.7 Å². The van der Waals surface area contributed by atoms with E-state index in [-0.39, 0.29) is 17.9 Å². The van der Waals surface area contributed by atoms with Gasteiger partial charge in [-0.3, -0.25) is 9.78 Å². The van der Waals surface area contributed by atoms with Crippen LogP contribution in [0.3, 0.4) is 0 Å². The summed E-state index contributed by atoms with van der Waals surface area (Å²) < 4.78 is 48.0. The third kappa shape index (κ3) is 6.92. The zero-order chi connectivity index (χ0) is 32.4. The third-order valence-corrected chi connectivity index (χ3v) is 8.72. The first kappa shape index (κ1) is 31.3. The zero-order valence-corrected chi connectivity index (χ0v) is 25.9. The SMILES string of the molecule is Cc1ccc(CC(=O)c2ccc(C3CCN(C)CC3)cc2C(F)(F)F)cc1Cc1nccc(-c2cncc(-c3oncc3C)c2)n1. The third-order valence-electron chi connectivity index (χ3n) is 8.72. The number of nitrogens with zero attached hydrogens (tertiary/aromatic N) is 5. The van der Waals surface area contributed by atoms with E-state index in [2.05, 4.69) is 20.0 Å². The van der Waals surface area contributed by atoms with E-state index in [0.29, 0.717) is 34.8 Å². The number of Topliss-reactive ketones (excluding diaryl/α,β-unsaturated/α-hetero) is 1. The molecule has 1 fully saturated rings. The number of hydrogen-bond acceptors (Lipinski definition) is 7. The Labute approximate surface area is 265 Å². The van der Waals surface area contributed by atoms with Gasteiger partial charge in [-0.05, 0) is 93.2 Å². The molecule has 0 atom stereocenters. The van der Waals surface area contributed by atoms with Crippen LogP contribution in [0, 0.1) is 13.8 Å². The highest BCUT2D eigenvalue weighted by Gasteiger charge is 2.36. The number of likely N-dealkylation sites (tertiary alicyclic amines) is 1. The molecule has 0 N–H and O–H groups in total. The summed E-state index contributed by atoms with van der Waals surface area (Å²) in [5.41, 5.74) is 5.14. The van der Waals surface area contributed by atoms with Crippen molar-refractivity contribution in [3.8, 4) is 22.6 Å². The largest absolute Gasteiger partial charge is 0.417 e. The van der Waals surface area contributed by atoms with Crippen molar-refractivity contribution in [1.82, 2.24) is 25.0 Å². The zero-order valence-electron chi connectivity index (χ0n) is 25.9. The molecule has 0 aliphatic carbocycles. The second-order valence-corrected chi connectivity index (χ2v) is 12.1. The first-order valence-corrected chi connectivity index (χ1v) is 15.3. The molecule has 6 rings (SSSR count). The van der Waals surface area contributed by atoms with Gasteiger partial charge in [0.1, 0.15) is 5.82 Å². The minimum absolute atomic E-state index is 0.0551. The summed E-state index contributed by atoms with van der Waals surface area (Å²) in [6, 6.07) is 13.5. The molecule has 0 amide bonds. The Kier molecular flexibility index (Phi) is 8.82. The monoisotopic (exact) mass is 625 g/mol. The highest BCUT2D eigenvalue weighted by Crippen LogP contribution is 2.37. The molecule has 5 aromatic rings. The van der Waals surface area contributed by atoms with E-state index in [1.807, 2.05) is 39.1 Å². The van der Waals surface area contributed by atoms with Gasteiger partial charge < -0.3 is 9.42 Å². The van der Waals surface area contributed by atoms with Gasteiger partial charge in [0.05, 0.1) is 17.5 Å². The van der Waals surface area contributed by atoms with Crippen molar-refractivity contribution in [2.75, 3.05) is 20.1 Å². The van der Waals surface area contributed by atoms with Crippen molar-refractivity contribution in [2.24, 2.45) is 0 Å². The summed E-state index contributed by atoms with van der Waals surface area (Å²) in [5.74, 6) is 0.694. The van der Waals surface area contributed by atoms with Gasteiger partial charge in [-0.2, -0.15) is 13.2 Å². The molecular weight excluding hydrogens is 591 g/mol. The predicted octanol–water partition coefficient (Wildman–Crippen LogP) is 7.65. The van der Waals surface area contributed by atoms with Crippen LogP contribution in [0.5, 0.6) is 0 Å². The molecular formula is C36H34F3N5O2. The number of benzene rings is 2. The van der Waals surface area contributed by atoms with E-state index < -0.39 is 17.5 Å². The fourth-order valence-electron chi connectivity index (χ4n) is 6.03. The molecule has 0 saturated carbocycles. The minimum atomic E-state index is -4.63. The second-order valence-electron chi connectivity index (χ2n) is 12.1. The molecule has 1 aliphatic rings. The fourth-order valence-corrected chi connectivity index (χ4v) is 6.03. The summed E-state index contributed by atoms with van der Waals surface area (Å²) in [6.45, 7) is 5.53. The number of carbonyl (C=O) groups excluding carboxylic acids is 1. The Balaban J connectivity index is 1.21. The minimum Gasteiger partial charge on any atom is -0.356 e. The van der Waals surface area contributed by atoms with Crippen molar-refractivity contribution < 1.29 is 22.5 Å². The van der Waals surface area contributed by atoms with Crippen LogP contribution in [-0.4, -0.2) is 50.9 Å². The summed E-state index contributed by atoms with van der Waals surface area (Å²) in [5, 5.41) is 3.85. The van der Waals surface area contributed by atoms with Gasteiger partial charge >= 0.3 is 6.18 Å². The van der Waals surface area contributed by atoms with E-state index in [4.69, 9.17) is 9.51 Å². The van der Waals surface area contributed by atoms with E-state index in [9.17, 15) is 18.0 Å². The molecule has 4 heterocycles. The van der Waals surface area contributed by atoms with Crippen LogP contribution >= 0.6 is 0 Å². The molecule has 236 valence electrons. The van der Waals surface area contributed by atoms with Crippen LogP contribution in [0.1, 0.15) is 68.3 Å². The van der Waals surface area contributed by atoms with Gasteiger partial charge in [-0.25, -0.2) is 9.97 Å². The number of hydrogen-bond donors (Lipinski definition) is 0. The standard InChI is InChI=1S/C36H34F3N5O2/c1-22-4-5-24(15-33(45)30-7-6-26(17-31(30)36(37,38)39)25-9-12-44(3)13-10-25)14-27(22)18-34-41-11-8-32(43-34)28-16-29(21-40-20-28)35-23(2)19-42-46-35/h4-8,11,14,16-17,19-21,25H,9-10,12-13,15,18H2,1-3H3. The number of aryl methyl sites for hydroxylation is 2. The Morgan fingerprint density at radius 2 is 1.74 bits per heavy atom. The number of carbonyl (C=O) groups is 1. The summed E-state index contributed by atoms with van der Waals surface area (Å²) in [7, 11) is 2.01. The van der Waals surface area contributed by atoms with Gasteiger partial charge in [0.2, 0.25) is 0 Å². The summed E-state index contributed by atoms with van der Waals surface area (Å²) >= 11 is 0. The van der Waals surface area contributed by atoms with Crippen molar-refractivity contribution in [2.45, 2.75) is 51.6 Å². The Morgan fingerprint density at radius 1 is 0.957 bits per heavy atom. The second kappa shape index (κ2) is 13.0. The summed E-state index contributed by atoms with van der Waals surface area (Å²) in [6.07, 6.45) is 3.95. The maximum absolute atomic E-state index is 14.2. The van der Waals surface area contributed by atoms with Gasteiger partial charge in [0.15, 0.2) is 11.5 Å². The lowest BCUT2D eigenvalue weighted by atomic mass is 9.86. The molecule has 46 heavy (non-hydrogen) atoms. The molecule has 0 bridgehead atoms. The van der Waals surface area contributed by atoms with Crippen LogP contribution < -0.4 is 0 Å². The van der Waals surface area contributed by atoms with Crippen LogP contribution in [-0.2, 0) is 19.0 Å². The average Bonchev–Trinajstić information content (AvgIpc) is 3.48. The van der Waals surface area contributed by atoms with Crippen molar-refractivity contribution in [3.63, 3.8) is 0 Å². The quantitative estimate of drug-likeness (QED) is 0.164. The number of piperidine rings is 1. The molecule has 10 heteroatoms. The van der Waals surface area contributed by atoms with Crippen LogP contribution in [0.15, 0.2) is 77.8 Å². The van der Waals surface area contributed by atoms with E-state index >= 15 is 0 Å². The molecule has 0 unspecified atom stereocenters. The number of rotatable bonds is 8. The predicted molar refractivity (Wildman–Crippen MR) is 168 cm³/mol. The molecule has 3 aromatic heterocycles. The topological polar surface area (TPSA) is 85.0 Å². The lowest BCUT2D eigenvalue weighted by Crippen LogP contribution is -2.29. The number of halogens is 3. The number of alkyl halides is 3. The maximum Gasteiger partial charge on any atom is 0.417 e. The van der Waals surface area contributed by atoms with Gasteiger partial charge in [-0.1, -0.05) is 35.5 Å². The Hall–Kier alpha value is -4.70. The fraction of sp³-hybridized carbons (Fsp3) is 0.306. The van der Waals surface area contributed by atoms with Crippen molar-refractivity contribution in [3.05, 3.63) is 118 Å². The Bertz CT molecular complexity index is 1880. The molecule has 1 saturated heterocycles. The van der Waals surface area contributed by atoms with Gasteiger partial charge in [0.25, 0.3) is 0 Å². The number of pyridine rings is 1. The molecule has 2 aromatic carbocycles. The number of ketones is 1. The molecule has 0 radical (unpaired) electrons. The lowest BCUT2D eigenvalue weighted by Gasteiger charge is -2.29. The van der Waals surface area contributed by atoms with E-state index in [0.717, 1.165) is 53.7 Å². The average molecular weight is 626 g/mol. The summed E-state index contributed by atoms with van der Waals surface area (Å²) in [4.78, 5) is 29.1. The maximum atomic E-state index is 14.2. The van der Waals surface area contributed by atoms with Gasteiger partial charge in [-0.15, -0.1) is 0 Å².